The van der Waals surface area contributed by atoms with Crippen molar-refractivity contribution in [2.45, 2.75) is 84.8 Å². The van der Waals surface area contributed by atoms with Gasteiger partial charge in [-0.3, -0.25) is 4.79 Å². The predicted octanol–water partition coefficient (Wildman–Crippen LogP) is 3.68. The van der Waals surface area contributed by atoms with Crippen LogP contribution < -0.4 is 5.32 Å². The summed E-state index contributed by atoms with van der Waals surface area (Å²) in [7, 11) is 0. The van der Waals surface area contributed by atoms with Gasteiger partial charge in [0.2, 0.25) is 0 Å². The number of unbranched alkanes of at least 4 members (excludes halogenated alkanes) is 3. The maximum Gasteiger partial charge on any atom is 0.323 e. The first-order valence-electron chi connectivity index (χ1n) is 8.67. The van der Waals surface area contributed by atoms with Crippen molar-refractivity contribution in [2.24, 2.45) is 0 Å². The lowest BCUT2D eigenvalue weighted by Gasteiger charge is -2.18. The van der Waals surface area contributed by atoms with E-state index in [1.165, 1.54) is 25.7 Å². The van der Waals surface area contributed by atoms with Gasteiger partial charge in [0.25, 0.3) is 0 Å². The van der Waals surface area contributed by atoms with Crippen LogP contribution in [0.3, 0.4) is 0 Å². The second kappa shape index (κ2) is 14.3. The van der Waals surface area contributed by atoms with Crippen molar-refractivity contribution in [1.29, 1.82) is 0 Å². The molecule has 0 rings (SSSR count). The molecule has 0 radical (unpaired) electrons. The van der Waals surface area contributed by atoms with E-state index in [0.717, 1.165) is 19.4 Å². The summed E-state index contributed by atoms with van der Waals surface area (Å²) in [6.45, 7) is 10.1. The second-order valence-electron chi connectivity index (χ2n) is 5.58. The van der Waals surface area contributed by atoms with E-state index in [0.29, 0.717) is 19.6 Å². The Kier molecular flexibility index (Phi) is 13.9. The lowest BCUT2D eigenvalue weighted by Crippen LogP contribution is -2.39. The highest BCUT2D eigenvalue weighted by atomic mass is 16.5. The Bertz CT molecular complexity index is 246. The Morgan fingerprint density at radius 3 is 2.43 bits per heavy atom. The third-order valence-corrected chi connectivity index (χ3v) is 3.48. The van der Waals surface area contributed by atoms with E-state index in [9.17, 15) is 4.79 Å². The molecule has 0 bridgehead atoms. The first kappa shape index (κ1) is 20.4. The Balaban J connectivity index is 3.86. The number of carbonyl (C=O) groups is 1. The van der Waals surface area contributed by atoms with E-state index in [-0.39, 0.29) is 18.1 Å². The minimum atomic E-state index is -0.239. The maximum atomic E-state index is 11.8. The van der Waals surface area contributed by atoms with Gasteiger partial charge in [0.05, 0.1) is 12.7 Å². The second-order valence-corrected chi connectivity index (χ2v) is 5.58. The molecule has 0 aromatic heterocycles. The van der Waals surface area contributed by atoms with Gasteiger partial charge in [-0.1, -0.05) is 39.5 Å². The van der Waals surface area contributed by atoms with Crippen molar-refractivity contribution < 1.29 is 14.3 Å². The molecule has 0 saturated carbocycles. The molecule has 4 heteroatoms. The molecule has 2 unspecified atom stereocenters. The minimum absolute atomic E-state index is 0.162. The van der Waals surface area contributed by atoms with Crippen LogP contribution >= 0.6 is 0 Å². The number of nitrogens with one attached hydrogen (secondary N) is 1. The van der Waals surface area contributed by atoms with Crippen LogP contribution in [0.5, 0.6) is 0 Å². The van der Waals surface area contributed by atoms with E-state index in [1.54, 1.807) is 0 Å². The van der Waals surface area contributed by atoms with Crippen LogP contribution in [-0.4, -0.2) is 37.9 Å². The zero-order valence-corrected chi connectivity index (χ0v) is 14.5. The fraction of sp³-hybridized carbons (Fsp3) is 0.941. The first-order chi connectivity index (χ1) is 10.2. The Hall–Kier alpha value is -0.610. The van der Waals surface area contributed by atoms with E-state index >= 15 is 0 Å². The van der Waals surface area contributed by atoms with Gasteiger partial charge in [0.15, 0.2) is 0 Å². The standard InChI is InChI=1S/C17H35NO3/c1-5-8-9-10-11-15(4)21-14-12-16(18-13-6-2)17(19)20-7-3/h15-16,18H,5-14H2,1-4H3. The van der Waals surface area contributed by atoms with Crippen molar-refractivity contribution >= 4 is 5.97 Å². The Morgan fingerprint density at radius 2 is 1.81 bits per heavy atom. The molecule has 0 amide bonds. The molecular formula is C17H35NO3. The molecule has 0 aromatic rings. The number of hydrogen-bond acceptors (Lipinski definition) is 4. The SMILES string of the molecule is CCCCCCC(C)OCCC(NCCC)C(=O)OCC. The van der Waals surface area contributed by atoms with Gasteiger partial charge < -0.3 is 14.8 Å². The zero-order valence-electron chi connectivity index (χ0n) is 14.5. The van der Waals surface area contributed by atoms with Crippen LogP contribution in [0.1, 0.15) is 72.6 Å². The highest BCUT2D eigenvalue weighted by molar-refractivity contribution is 5.75. The maximum absolute atomic E-state index is 11.8. The monoisotopic (exact) mass is 301 g/mol. The number of esters is 1. The van der Waals surface area contributed by atoms with E-state index in [2.05, 4.69) is 26.1 Å². The Labute approximate surface area is 131 Å². The average molecular weight is 301 g/mol. The molecule has 126 valence electrons. The van der Waals surface area contributed by atoms with Crippen molar-refractivity contribution in [1.82, 2.24) is 5.32 Å². The van der Waals surface area contributed by atoms with Crippen LogP contribution in [0.2, 0.25) is 0 Å². The smallest absolute Gasteiger partial charge is 0.323 e. The van der Waals surface area contributed by atoms with Crippen LogP contribution in [0, 0.1) is 0 Å². The molecule has 0 aliphatic carbocycles. The third kappa shape index (κ3) is 11.7. The lowest BCUT2D eigenvalue weighted by atomic mass is 10.1. The molecule has 4 nitrogen and oxygen atoms in total. The molecule has 0 spiro atoms. The van der Waals surface area contributed by atoms with Crippen molar-refractivity contribution in [3.8, 4) is 0 Å². The Morgan fingerprint density at radius 1 is 1.05 bits per heavy atom. The molecule has 2 atom stereocenters. The van der Waals surface area contributed by atoms with Crippen LogP contribution in [-0.2, 0) is 14.3 Å². The van der Waals surface area contributed by atoms with Crippen LogP contribution in [0.25, 0.3) is 0 Å². The van der Waals surface area contributed by atoms with Gasteiger partial charge >= 0.3 is 5.97 Å². The summed E-state index contributed by atoms with van der Waals surface area (Å²) in [5.74, 6) is -0.162. The molecule has 0 fully saturated rings. The average Bonchev–Trinajstić information content (AvgIpc) is 2.47. The zero-order chi connectivity index (χ0) is 15.9. The molecule has 0 aliphatic rings. The molecule has 0 aromatic carbocycles. The summed E-state index contributed by atoms with van der Waals surface area (Å²) in [5.41, 5.74) is 0. The van der Waals surface area contributed by atoms with Gasteiger partial charge in [-0.15, -0.1) is 0 Å². The summed E-state index contributed by atoms with van der Waals surface area (Å²) >= 11 is 0. The molecule has 1 N–H and O–H groups in total. The highest BCUT2D eigenvalue weighted by Crippen LogP contribution is 2.09. The van der Waals surface area contributed by atoms with Gasteiger partial charge in [-0.05, 0) is 39.7 Å². The number of ether oxygens (including phenoxy) is 2. The van der Waals surface area contributed by atoms with Gasteiger partial charge in [-0.2, -0.15) is 0 Å². The topological polar surface area (TPSA) is 47.6 Å². The van der Waals surface area contributed by atoms with Gasteiger partial charge in [-0.25, -0.2) is 0 Å². The fourth-order valence-electron chi connectivity index (χ4n) is 2.19. The lowest BCUT2D eigenvalue weighted by molar-refractivity contribution is -0.146. The third-order valence-electron chi connectivity index (χ3n) is 3.48. The quantitative estimate of drug-likeness (QED) is 0.393. The molecule has 0 heterocycles. The highest BCUT2D eigenvalue weighted by Gasteiger charge is 2.18. The summed E-state index contributed by atoms with van der Waals surface area (Å²) in [4.78, 5) is 11.8. The number of hydrogen-bond donors (Lipinski definition) is 1. The van der Waals surface area contributed by atoms with Crippen LogP contribution in [0.15, 0.2) is 0 Å². The summed E-state index contributed by atoms with van der Waals surface area (Å²) in [6, 6.07) is -0.239. The predicted molar refractivity (Wildman–Crippen MR) is 87.5 cm³/mol. The summed E-state index contributed by atoms with van der Waals surface area (Å²) in [6.07, 6.45) is 8.14. The van der Waals surface area contributed by atoms with Crippen molar-refractivity contribution in [3.63, 3.8) is 0 Å². The van der Waals surface area contributed by atoms with E-state index in [4.69, 9.17) is 9.47 Å². The molecule has 0 saturated heterocycles. The molecular weight excluding hydrogens is 266 g/mol. The minimum Gasteiger partial charge on any atom is -0.465 e. The first-order valence-corrected chi connectivity index (χ1v) is 8.67. The van der Waals surface area contributed by atoms with Crippen molar-refractivity contribution in [2.75, 3.05) is 19.8 Å². The summed E-state index contributed by atoms with van der Waals surface area (Å²) in [5, 5.41) is 3.23. The van der Waals surface area contributed by atoms with Crippen LogP contribution in [0.4, 0.5) is 0 Å². The largest absolute Gasteiger partial charge is 0.465 e. The number of rotatable bonds is 14. The molecule has 0 aliphatic heterocycles. The molecule has 21 heavy (non-hydrogen) atoms. The van der Waals surface area contributed by atoms with E-state index < -0.39 is 0 Å². The van der Waals surface area contributed by atoms with Crippen molar-refractivity contribution in [3.05, 3.63) is 0 Å². The van der Waals surface area contributed by atoms with E-state index in [1.807, 2.05) is 6.92 Å². The normalized spacial score (nSPS) is 13.9. The van der Waals surface area contributed by atoms with Gasteiger partial charge in [0, 0.05) is 6.61 Å². The van der Waals surface area contributed by atoms with Gasteiger partial charge in [0.1, 0.15) is 6.04 Å². The fourth-order valence-corrected chi connectivity index (χ4v) is 2.19. The number of carbonyl (C=O) groups excluding carboxylic acids is 1. The summed E-state index contributed by atoms with van der Waals surface area (Å²) < 4.78 is 10.9.